The van der Waals surface area contributed by atoms with E-state index >= 15 is 0 Å². The predicted molar refractivity (Wildman–Crippen MR) is 93.1 cm³/mol. The zero-order valence-electron chi connectivity index (χ0n) is 13.8. The van der Waals surface area contributed by atoms with Crippen molar-refractivity contribution < 1.29 is 14.3 Å². The van der Waals surface area contributed by atoms with Crippen molar-refractivity contribution in [2.45, 2.75) is 39.0 Å². The van der Waals surface area contributed by atoms with Crippen LogP contribution in [0.15, 0.2) is 29.8 Å². The number of aryl methyl sites for hydroxylation is 1. The first-order valence-electron chi connectivity index (χ1n) is 8.18. The van der Waals surface area contributed by atoms with Gasteiger partial charge >= 0.3 is 0 Å². The molecule has 1 fully saturated rings. The van der Waals surface area contributed by atoms with E-state index in [1.165, 1.54) is 11.3 Å². The number of hydrogen-bond acceptors (Lipinski definition) is 5. The molecular weight excluding hydrogens is 324 g/mol. The van der Waals surface area contributed by atoms with Crippen LogP contribution in [-0.2, 0) is 22.6 Å². The molecule has 1 aromatic carbocycles. The van der Waals surface area contributed by atoms with Gasteiger partial charge in [0, 0.05) is 19.8 Å². The van der Waals surface area contributed by atoms with Gasteiger partial charge in [-0.3, -0.25) is 4.79 Å². The zero-order chi connectivity index (χ0) is 16.8. The van der Waals surface area contributed by atoms with Gasteiger partial charge in [-0.25, -0.2) is 4.98 Å². The number of hydrogen-bond donors (Lipinski definition) is 1. The molecule has 0 spiro atoms. The Balaban J connectivity index is 1.46. The monoisotopic (exact) mass is 346 g/mol. The van der Waals surface area contributed by atoms with E-state index in [1.54, 1.807) is 5.51 Å². The lowest BCUT2D eigenvalue weighted by molar-refractivity contribution is -0.0390. The predicted octanol–water partition coefficient (Wildman–Crippen LogP) is 3.08. The van der Waals surface area contributed by atoms with Crippen LogP contribution in [0.4, 0.5) is 0 Å². The summed E-state index contributed by atoms with van der Waals surface area (Å²) < 4.78 is 11.2. The minimum Gasteiger partial charge on any atom is -0.381 e. The first-order chi connectivity index (χ1) is 11.7. The smallest absolute Gasteiger partial charge is 0.263 e. The normalized spacial score (nSPS) is 15.4. The highest BCUT2D eigenvalue weighted by atomic mass is 32.1. The van der Waals surface area contributed by atoms with E-state index < -0.39 is 0 Å². The van der Waals surface area contributed by atoms with E-state index in [0.717, 1.165) is 42.9 Å². The largest absolute Gasteiger partial charge is 0.381 e. The maximum Gasteiger partial charge on any atom is 0.263 e. The van der Waals surface area contributed by atoms with Crippen molar-refractivity contribution in [1.29, 1.82) is 0 Å². The molecule has 0 radical (unpaired) electrons. The standard InChI is InChI=1S/C18H22N2O3S/c1-13-17(24-12-20-13)18(21)19-10-14-2-4-15(5-3-14)11-23-16-6-8-22-9-7-16/h2-5,12,16H,6-11H2,1H3,(H,19,21). The first kappa shape index (κ1) is 17.1. The summed E-state index contributed by atoms with van der Waals surface area (Å²) in [6, 6.07) is 8.17. The molecule has 0 bridgehead atoms. The summed E-state index contributed by atoms with van der Waals surface area (Å²) in [5.74, 6) is -0.0677. The zero-order valence-corrected chi connectivity index (χ0v) is 14.6. The number of benzene rings is 1. The van der Waals surface area contributed by atoms with E-state index in [2.05, 4.69) is 22.4 Å². The highest BCUT2D eigenvalue weighted by Gasteiger charge is 2.14. The number of aromatic nitrogens is 1. The molecule has 2 aromatic rings. The molecule has 3 rings (SSSR count). The Labute approximate surface area is 146 Å². The van der Waals surface area contributed by atoms with E-state index in [9.17, 15) is 4.79 Å². The van der Waals surface area contributed by atoms with Crippen molar-refractivity contribution >= 4 is 17.2 Å². The van der Waals surface area contributed by atoms with Crippen LogP contribution in [0, 0.1) is 6.92 Å². The number of carbonyl (C=O) groups excluding carboxylic acids is 1. The van der Waals surface area contributed by atoms with Gasteiger partial charge in [-0.1, -0.05) is 24.3 Å². The average Bonchev–Trinajstić information content (AvgIpc) is 3.06. The van der Waals surface area contributed by atoms with Crippen LogP contribution in [0.1, 0.15) is 39.3 Å². The fourth-order valence-electron chi connectivity index (χ4n) is 2.59. The Morgan fingerprint density at radius 3 is 2.67 bits per heavy atom. The molecule has 0 aliphatic carbocycles. The number of nitrogens with one attached hydrogen (secondary N) is 1. The maximum atomic E-state index is 12.1. The Morgan fingerprint density at radius 1 is 1.29 bits per heavy atom. The highest BCUT2D eigenvalue weighted by molar-refractivity contribution is 7.11. The molecular formula is C18H22N2O3S. The quantitative estimate of drug-likeness (QED) is 0.873. The van der Waals surface area contributed by atoms with E-state index in [1.807, 2.05) is 19.1 Å². The molecule has 0 unspecified atom stereocenters. The molecule has 1 amide bonds. The third-order valence-electron chi connectivity index (χ3n) is 4.08. The van der Waals surface area contributed by atoms with Crippen molar-refractivity contribution in [3.63, 3.8) is 0 Å². The van der Waals surface area contributed by atoms with Gasteiger partial charge < -0.3 is 14.8 Å². The summed E-state index contributed by atoms with van der Waals surface area (Å²) in [4.78, 5) is 16.8. The fourth-order valence-corrected chi connectivity index (χ4v) is 3.31. The van der Waals surface area contributed by atoms with Gasteiger partial charge in [0.1, 0.15) is 4.88 Å². The molecule has 1 aliphatic heterocycles. The summed E-state index contributed by atoms with van der Waals surface area (Å²) in [5, 5.41) is 2.93. The Hall–Kier alpha value is -1.76. The van der Waals surface area contributed by atoms with Crippen LogP contribution in [0.25, 0.3) is 0 Å². The molecule has 1 aliphatic rings. The van der Waals surface area contributed by atoms with Gasteiger partial charge in [0.05, 0.1) is 23.9 Å². The van der Waals surface area contributed by atoms with Crippen molar-refractivity contribution in [2.24, 2.45) is 0 Å². The van der Waals surface area contributed by atoms with Crippen LogP contribution in [0.5, 0.6) is 0 Å². The van der Waals surface area contributed by atoms with E-state index in [0.29, 0.717) is 24.1 Å². The van der Waals surface area contributed by atoms with E-state index in [4.69, 9.17) is 9.47 Å². The number of thiazole rings is 1. The second-order valence-corrected chi connectivity index (χ2v) is 6.74. The lowest BCUT2D eigenvalue weighted by Gasteiger charge is -2.22. The Bertz CT molecular complexity index is 663. The van der Waals surface area contributed by atoms with Crippen LogP contribution in [-0.4, -0.2) is 30.2 Å². The van der Waals surface area contributed by atoms with E-state index in [-0.39, 0.29) is 5.91 Å². The minimum absolute atomic E-state index is 0.0677. The third-order valence-corrected chi connectivity index (χ3v) is 5.01. The lowest BCUT2D eigenvalue weighted by atomic mass is 10.1. The van der Waals surface area contributed by atoms with Crippen molar-refractivity contribution in [3.05, 3.63) is 51.5 Å². The number of carbonyl (C=O) groups is 1. The topological polar surface area (TPSA) is 60.5 Å². The summed E-state index contributed by atoms with van der Waals surface area (Å²) >= 11 is 1.37. The SMILES string of the molecule is Cc1ncsc1C(=O)NCc1ccc(COC2CCOCC2)cc1. The van der Waals surface area contributed by atoms with Gasteiger partial charge in [-0.05, 0) is 30.9 Å². The Morgan fingerprint density at radius 2 is 2.00 bits per heavy atom. The summed E-state index contributed by atoms with van der Waals surface area (Å²) in [7, 11) is 0. The number of ether oxygens (including phenoxy) is 2. The van der Waals surface area contributed by atoms with Gasteiger partial charge in [-0.15, -0.1) is 11.3 Å². The molecule has 24 heavy (non-hydrogen) atoms. The molecule has 1 aromatic heterocycles. The molecule has 0 atom stereocenters. The van der Waals surface area contributed by atoms with Gasteiger partial charge in [0.25, 0.3) is 5.91 Å². The maximum absolute atomic E-state index is 12.1. The van der Waals surface area contributed by atoms with Crippen LogP contribution >= 0.6 is 11.3 Å². The Kier molecular flexibility index (Phi) is 5.96. The summed E-state index contributed by atoms with van der Waals surface area (Å²) in [6.45, 7) is 4.57. The second kappa shape index (κ2) is 8.37. The van der Waals surface area contributed by atoms with Crippen LogP contribution in [0.3, 0.4) is 0 Å². The summed E-state index contributed by atoms with van der Waals surface area (Å²) in [5.41, 5.74) is 4.69. The van der Waals surface area contributed by atoms with Crippen LogP contribution < -0.4 is 5.32 Å². The van der Waals surface area contributed by atoms with Crippen molar-refractivity contribution in [1.82, 2.24) is 10.3 Å². The number of rotatable bonds is 6. The molecule has 1 N–H and O–H groups in total. The van der Waals surface area contributed by atoms with Gasteiger partial charge in [-0.2, -0.15) is 0 Å². The minimum atomic E-state index is -0.0677. The lowest BCUT2D eigenvalue weighted by Crippen LogP contribution is -2.23. The molecule has 0 saturated carbocycles. The van der Waals surface area contributed by atoms with Gasteiger partial charge in [0.2, 0.25) is 0 Å². The average molecular weight is 346 g/mol. The van der Waals surface area contributed by atoms with Crippen molar-refractivity contribution in [3.8, 4) is 0 Å². The molecule has 5 nitrogen and oxygen atoms in total. The molecule has 6 heteroatoms. The van der Waals surface area contributed by atoms with Crippen LogP contribution in [0.2, 0.25) is 0 Å². The summed E-state index contributed by atoms with van der Waals surface area (Å²) in [6.07, 6.45) is 2.25. The fraction of sp³-hybridized carbons (Fsp3) is 0.444. The second-order valence-electron chi connectivity index (χ2n) is 5.89. The first-order valence-corrected chi connectivity index (χ1v) is 9.06. The molecule has 1 saturated heterocycles. The molecule has 128 valence electrons. The third kappa shape index (κ3) is 4.63. The highest BCUT2D eigenvalue weighted by Crippen LogP contribution is 2.15. The van der Waals surface area contributed by atoms with Crippen molar-refractivity contribution in [2.75, 3.05) is 13.2 Å². The number of amides is 1. The number of nitrogens with zero attached hydrogens (tertiary/aromatic N) is 1. The van der Waals surface area contributed by atoms with Gasteiger partial charge in [0.15, 0.2) is 0 Å². The molecule has 2 heterocycles.